The number of nitrogens with one attached hydrogen (secondary N) is 3. The second-order valence-corrected chi connectivity index (χ2v) is 10.6. The van der Waals surface area contributed by atoms with Gasteiger partial charge in [-0.25, -0.2) is 0 Å². The first-order valence-electron chi connectivity index (χ1n) is 12.5. The summed E-state index contributed by atoms with van der Waals surface area (Å²) in [5, 5.41) is 13.5. The Morgan fingerprint density at radius 1 is 0.838 bits per heavy atom. The lowest BCUT2D eigenvalue weighted by atomic mass is 9.88. The number of hydrogen-bond donors (Lipinski definition) is 3. The van der Waals surface area contributed by atoms with Crippen LogP contribution >= 0.6 is 0 Å². The number of pyridine rings is 3. The van der Waals surface area contributed by atoms with Gasteiger partial charge >= 0.3 is 0 Å². The van der Waals surface area contributed by atoms with E-state index >= 15 is 0 Å². The van der Waals surface area contributed by atoms with Crippen LogP contribution in [0.15, 0.2) is 79.5 Å². The predicted molar refractivity (Wildman–Crippen MR) is 150 cm³/mol. The standard InChI is InChI=1S/C30H29N7/c1-18(30(2,3)4)34-21-11-20(14-31-15-21)19-8-9-26-23(12-19)29(37-36-26)27-13-22-24(16-32-17-28(22)35-27)25-7-5-6-10-33-25/h5-18,34-35H,1-4H3,(H,36,37). The highest BCUT2D eigenvalue weighted by atomic mass is 15.1. The van der Waals surface area contributed by atoms with E-state index in [2.05, 4.69) is 93.5 Å². The first-order chi connectivity index (χ1) is 17.9. The molecule has 0 saturated heterocycles. The van der Waals surface area contributed by atoms with Crippen LogP contribution in [0.4, 0.5) is 5.69 Å². The molecule has 37 heavy (non-hydrogen) atoms. The number of fused-ring (bicyclic) bond motifs is 2. The highest BCUT2D eigenvalue weighted by Gasteiger charge is 2.20. The minimum Gasteiger partial charge on any atom is -0.381 e. The Morgan fingerprint density at radius 2 is 1.70 bits per heavy atom. The summed E-state index contributed by atoms with van der Waals surface area (Å²) in [6.07, 6.45) is 9.28. The Balaban J connectivity index is 1.40. The van der Waals surface area contributed by atoms with Crippen LogP contribution in [-0.2, 0) is 0 Å². The topological polar surface area (TPSA) is 95.2 Å². The summed E-state index contributed by atoms with van der Waals surface area (Å²) < 4.78 is 0. The van der Waals surface area contributed by atoms with E-state index < -0.39 is 0 Å². The summed E-state index contributed by atoms with van der Waals surface area (Å²) in [7, 11) is 0. The van der Waals surface area contributed by atoms with Crippen molar-refractivity contribution in [1.82, 2.24) is 30.1 Å². The molecule has 0 saturated carbocycles. The summed E-state index contributed by atoms with van der Waals surface area (Å²) in [5.41, 5.74) is 8.89. The Labute approximate surface area is 215 Å². The number of aromatic nitrogens is 6. The second kappa shape index (κ2) is 8.85. The Bertz CT molecular complexity index is 1710. The number of anilines is 1. The van der Waals surface area contributed by atoms with Crippen molar-refractivity contribution in [3.8, 4) is 33.8 Å². The van der Waals surface area contributed by atoms with Gasteiger partial charge in [-0.05, 0) is 54.3 Å². The van der Waals surface area contributed by atoms with Gasteiger partial charge in [-0.2, -0.15) is 5.10 Å². The Morgan fingerprint density at radius 3 is 2.51 bits per heavy atom. The number of hydrogen-bond acceptors (Lipinski definition) is 5. The van der Waals surface area contributed by atoms with Gasteiger partial charge in [-0.3, -0.25) is 20.1 Å². The van der Waals surface area contributed by atoms with Crippen molar-refractivity contribution in [3.05, 3.63) is 79.5 Å². The molecule has 1 aromatic carbocycles. The fourth-order valence-electron chi connectivity index (χ4n) is 4.45. The summed E-state index contributed by atoms with van der Waals surface area (Å²) in [6, 6.07) is 16.8. The molecule has 6 rings (SSSR count). The molecule has 0 aliphatic heterocycles. The molecule has 0 bridgehead atoms. The third kappa shape index (κ3) is 4.33. The molecule has 3 N–H and O–H groups in total. The lowest BCUT2D eigenvalue weighted by Crippen LogP contribution is -2.30. The summed E-state index contributed by atoms with van der Waals surface area (Å²) >= 11 is 0. The molecule has 0 aliphatic rings. The zero-order valence-electron chi connectivity index (χ0n) is 21.4. The molecule has 0 amide bonds. The van der Waals surface area contributed by atoms with Gasteiger partial charge in [0.15, 0.2) is 0 Å². The highest BCUT2D eigenvalue weighted by molar-refractivity contribution is 6.01. The fraction of sp³-hybridized carbons (Fsp3) is 0.200. The third-order valence-corrected chi connectivity index (χ3v) is 7.06. The van der Waals surface area contributed by atoms with Crippen molar-refractivity contribution in [2.75, 3.05) is 5.32 Å². The van der Waals surface area contributed by atoms with Gasteiger partial charge in [-0.15, -0.1) is 0 Å². The minimum atomic E-state index is 0.145. The van der Waals surface area contributed by atoms with E-state index in [1.165, 1.54) is 0 Å². The largest absolute Gasteiger partial charge is 0.381 e. The molecule has 184 valence electrons. The fourth-order valence-corrected chi connectivity index (χ4v) is 4.45. The van der Waals surface area contributed by atoms with Gasteiger partial charge in [0.2, 0.25) is 0 Å². The maximum atomic E-state index is 4.66. The third-order valence-electron chi connectivity index (χ3n) is 7.06. The molecular formula is C30H29N7. The molecule has 7 heteroatoms. The maximum absolute atomic E-state index is 4.66. The quantitative estimate of drug-likeness (QED) is 0.242. The first kappa shape index (κ1) is 22.9. The van der Waals surface area contributed by atoms with E-state index in [1.807, 2.05) is 43.0 Å². The molecule has 0 fully saturated rings. The molecular weight excluding hydrogens is 458 g/mol. The molecule has 1 atom stereocenters. The predicted octanol–water partition coefficient (Wildman–Crippen LogP) is 7.08. The van der Waals surface area contributed by atoms with Crippen molar-refractivity contribution >= 4 is 27.5 Å². The van der Waals surface area contributed by atoms with Gasteiger partial charge in [0, 0.05) is 52.7 Å². The van der Waals surface area contributed by atoms with Crippen molar-refractivity contribution in [2.24, 2.45) is 5.41 Å². The van der Waals surface area contributed by atoms with Crippen molar-refractivity contribution in [2.45, 2.75) is 33.7 Å². The molecule has 7 nitrogen and oxygen atoms in total. The Hall–Kier alpha value is -4.52. The molecule has 0 spiro atoms. The van der Waals surface area contributed by atoms with Gasteiger partial charge < -0.3 is 10.3 Å². The van der Waals surface area contributed by atoms with Crippen LogP contribution in [0.25, 0.3) is 55.6 Å². The molecule has 0 aliphatic carbocycles. The van der Waals surface area contributed by atoms with E-state index in [9.17, 15) is 0 Å². The molecule has 0 radical (unpaired) electrons. The Kier molecular flexibility index (Phi) is 5.48. The van der Waals surface area contributed by atoms with Crippen LogP contribution in [0.2, 0.25) is 0 Å². The lowest BCUT2D eigenvalue weighted by Gasteiger charge is -2.29. The summed E-state index contributed by atoms with van der Waals surface area (Å²) in [6.45, 7) is 8.90. The highest BCUT2D eigenvalue weighted by Crippen LogP contribution is 2.34. The average molecular weight is 488 g/mol. The van der Waals surface area contributed by atoms with Gasteiger partial charge in [0.1, 0.15) is 5.69 Å². The number of rotatable bonds is 5. The molecule has 1 unspecified atom stereocenters. The van der Waals surface area contributed by atoms with Crippen LogP contribution in [0, 0.1) is 5.41 Å². The van der Waals surface area contributed by atoms with E-state index in [4.69, 9.17) is 0 Å². The van der Waals surface area contributed by atoms with Crippen molar-refractivity contribution < 1.29 is 0 Å². The van der Waals surface area contributed by atoms with Crippen molar-refractivity contribution in [1.29, 1.82) is 0 Å². The lowest BCUT2D eigenvalue weighted by molar-refractivity contribution is 0.359. The van der Waals surface area contributed by atoms with Crippen molar-refractivity contribution in [3.63, 3.8) is 0 Å². The smallest absolute Gasteiger partial charge is 0.116 e. The van der Waals surface area contributed by atoms with E-state index in [0.717, 1.165) is 61.3 Å². The normalized spacial score (nSPS) is 12.8. The van der Waals surface area contributed by atoms with Gasteiger partial charge in [0.25, 0.3) is 0 Å². The monoisotopic (exact) mass is 487 g/mol. The van der Waals surface area contributed by atoms with Gasteiger partial charge in [0.05, 0.1) is 34.3 Å². The summed E-state index contributed by atoms with van der Waals surface area (Å²) in [5.74, 6) is 0. The van der Waals surface area contributed by atoms with Crippen LogP contribution in [0.5, 0.6) is 0 Å². The zero-order chi connectivity index (χ0) is 25.6. The zero-order valence-corrected chi connectivity index (χ0v) is 21.4. The van der Waals surface area contributed by atoms with E-state index in [1.54, 1.807) is 6.20 Å². The van der Waals surface area contributed by atoms with Crippen LogP contribution in [-0.4, -0.2) is 36.2 Å². The first-order valence-corrected chi connectivity index (χ1v) is 12.5. The van der Waals surface area contributed by atoms with Crippen LogP contribution in [0.1, 0.15) is 27.7 Å². The number of aromatic amines is 2. The summed E-state index contributed by atoms with van der Waals surface area (Å²) in [4.78, 5) is 17.0. The van der Waals surface area contributed by atoms with Crippen LogP contribution in [0.3, 0.4) is 0 Å². The van der Waals surface area contributed by atoms with Gasteiger partial charge in [-0.1, -0.05) is 32.9 Å². The number of nitrogens with zero attached hydrogens (tertiary/aromatic N) is 4. The minimum absolute atomic E-state index is 0.145. The SMILES string of the molecule is CC(Nc1cncc(-c2ccc3[nH]nc(-c4cc5c(-c6ccccn6)cncc5[nH]4)c3c2)c1)C(C)(C)C. The van der Waals surface area contributed by atoms with E-state index in [0.29, 0.717) is 6.04 Å². The molecule has 5 heterocycles. The second-order valence-electron chi connectivity index (χ2n) is 10.6. The molecule has 5 aromatic heterocycles. The number of H-pyrrole nitrogens is 2. The average Bonchev–Trinajstić information content (AvgIpc) is 3.52. The van der Waals surface area contributed by atoms with E-state index in [-0.39, 0.29) is 5.41 Å². The number of benzene rings is 1. The maximum Gasteiger partial charge on any atom is 0.116 e. The van der Waals surface area contributed by atoms with Crippen LogP contribution < -0.4 is 5.32 Å². The molecule has 6 aromatic rings.